The van der Waals surface area contributed by atoms with Crippen LogP contribution in [0.2, 0.25) is 0 Å². The maximum Gasteiger partial charge on any atom is 0.338 e. The molecule has 0 radical (unpaired) electrons. The van der Waals surface area contributed by atoms with E-state index in [1.165, 1.54) is 18.2 Å². The zero-order valence-corrected chi connectivity index (χ0v) is 18.2. The van der Waals surface area contributed by atoms with E-state index in [1.807, 2.05) is 39.0 Å². The first-order chi connectivity index (χ1) is 15.4. The molecule has 3 aromatic rings. The maximum atomic E-state index is 13.0. The Bertz CT molecular complexity index is 1210. The molecule has 0 aliphatic carbocycles. The molecule has 3 aromatic carbocycles. The topological polar surface area (TPSA) is 72.9 Å². The number of aryl methyl sites for hydroxylation is 1. The number of carbonyl (C=O) groups excluding carboxylic acids is 3. The number of hydrogen-bond donors (Lipinski definition) is 0. The highest BCUT2D eigenvalue weighted by Crippen LogP contribution is 2.32. The molecule has 0 saturated carbocycles. The minimum atomic E-state index is -0.513. The summed E-state index contributed by atoms with van der Waals surface area (Å²) in [6.45, 7) is 6.20. The van der Waals surface area contributed by atoms with Crippen molar-refractivity contribution in [3.8, 4) is 11.5 Å². The normalized spacial score (nSPS) is 12.7. The molecule has 0 N–H and O–H groups in total. The number of esters is 1. The number of benzene rings is 3. The Morgan fingerprint density at radius 1 is 0.906 bits per heavy atom. The van der Waals surface area contributed by atoms with Crippen LogP contribution in [0.15, 0.2) is 60.7 Å². The van der Waals surface area contributed by atoms with Crippen molar-refractivity contribution in [2.75, 3.05) is 11.5 Å². The van der Waals surface area contributed by atoms with E-state index in [9.17, 15) is 14.4 Å². The largest absolute Gasteiger partial charge is 0.462 e. The molecular formula is C26H23NO5. The molecule has 1 aliphatic heterocycles. The van der Waals surface area contributed by atoms with E-state index in [1.54, 1.807) is 24.3 Å². The first-order valence-corrected chi connectivity index (χ1v) is 10.4. The summed E-state index contributed by atoms with van der Waals surface area (Å²) < 4.78 is 11.1. The van der Waals surface area contributed by atoms with Crippen LogP contribution in [0.4, 0.5) is 5.69 Å². The molecular weight excluding hydrogens is 406 g/mol. The van der Waals surface area contributed by atoms with Gasteiger partial charge < -0.3 is 9.47 Å². The second-order valence-corrected chi connectivity index (χ2v) is 7.64. The van der Waals surface area contributed by atoms with Crippen molar-refractivity contribution >= 4 is 23.5 Å². The standard InChI is InChI=1S/C26H23NO5/c1-4-14-31-26(30)18-8-13-21-22(15-18)25(29)27(24(21)28)19-9-11-20(12-10-19)32-23-7-5-6-16(2)17(23)3/h5-13,15H,4,14H2,1-3H3. The second-order valence-electron chi connectivity index (χ2n) is 7.64. The highest BCUT2D eigenvalue weighted by atomic mass is 16.5. The van der Waals surface area contributed by atoms with Gasteiger partial charge in [-0.1, -0.05) is 19.1 Å². The number of carbonyl (C=O) groups is 3. The van der Waals surface area contributed by atoms with Crippen LogP contribution in [0.1, 0.15) is 55.5 Å². The smallest absolute Gasteiger partial charge is 0.338 e. The van der Waals surface area contributed by atoms with E-state index in [0.717, 1.165) is 21.8 Å². The van der Waals surface area contributed by atoms with E-state index in [4.69, 9.17) is 9.47 Å². The summed E-state index contributed by atoms with van der Waals surface area (Å²) in [6.07, 6.45) is 0.699. The van der Waals surface area contributed by atoms with Gasteiger partial charge in [0, 0.05) is 0 Å². The van der Waals surface area contributed by atoms with Gasteiger partial charge in [0.1, 0.15) is 11.5 Å². The molecule has 0 saturated heterocycles. The first-order valence-electron chi connectivity index (χ1n) is 10.4. The van der Waals surface area contributed by atoms with Gasteiger partial charge in [0.25, 0.3) is 11.8 Å². The fourth-order valence-electron chi connectivity index (χ4n) is 3.51. The molecule has 32 heavy (non-hydrogen) atoms. The fraction of sp³-hybridized carbons (Fsp3) is 0.192. The van der Waals surface area contributed by atoms with Gasteiger partial charge in [-0.15, -0.1) is 0 Å². The van der Waals surface area contributed by atoms with Crippen LogP contribution in [-0.4, -0.2) is 24.4 Å². The molecule has 0 fully saturated rings. The van der Waals surface area contributed by atoms with Crippen LogP contribution in [0, 0.1) is 13.8 Å². The summed E-state index contributed by atoms with van der Waals surface area (Å²) in [5, 5.41) is 0. The summed E-state index contributed by atoms with van der Waals surface area (Å²) in [5.41, 5.74) is 3.31. The zero-order valence-electron chi connectivity index (χ0n) is 18.2. The molecule has 0 atom stereocenters. The lowest BCUT2D eigenvalue weighted by atomic mass is 10.1. The first kappa shape index (κ1) is 21.3. The van der Waals surface area contributed by atoms with Crippen molar-refractivity contribution in [2.24, 2.45) is 0 Å². The summed E-state index contributed by atoms with van der Waals surface area (Å²) >= 11 is 0. The van der Waals surface area contributed by atoms with Crippen molar-refractivity contribution < 1.29 is 23.9 Å². The minimum Gasteiger partial charge on any atom is -0.462 e. The third kappa shape index (κ3) is 3.87. The van der Waals surface area contributed by atoms with Crippen molar-refractivity contribution in [3.05, 3.63) is 88.5 Å². The fourth-order valence-corrected chi connectivity index (χ4v) is 3.51. The average Bonchev–Trinajstić information content (AvgIpc) is 3.05. The number of hydrogen-bond acceptors (Lipinski definition) is 5. The summed E-state index contributed by atoms with van der Waals surface area (Å²) in [7, 11) is 0. The number of fused-ring (bicyclic) bond motifs is 1. The molecule has 6 heteroatoms. The molecule has 0 unspecified atom stereocenters. The quantitative estimate of drug-likeness (QED) is 0.384. The van der Waals surface area contributed by atoms with Crippen LogP contribution in [0.5, 0.6) is 11.5 Å². The van der Waals surface area contributed by atoms with Gasteiger partial charge in [-0.3, -0.25) is 9.59 Å². The molecule has 0 bridgehead atoms. The lowest BCUT2D eigenvalue weighted by molar-refractivity contribution is 0.0505. The van der Waals surface area contributed by atoms with Gasteiger partial charge >= 0.3 is 5.97 Å². The average molecular weight is 429 g/mol. The van der Waals surface area contributed by atoms with Gasteiger partial charge in [-0.25, -0.2) is 9.69 Å². The van der Waals surface area contributed by atoms with Crippen molar-refractivity contribution in [2.45, 2.75) is 27.2 Å². The van der Waals surface area contributed by atoms with E-state index in [0.29, 0.717) is 24.5 Å². The molecule has 0 spiro atoms. The Morgan fingerprint density at radius 2 is 1.62 bits per heavy atom. The van der Waals surface area contributed by atoms with Gasteiger partial charge in [0.15, 0.2) is 0 Å². The van der Waals surface area contributed by atoms with Gasteiger partial charge in [-0.05, 0) is 79.9 Å². The molecule has 4 rings (SSSR count). The van der Waals surface area contributed by atoms with Crippen LogP contribution in [-0.2, 0) is 4.74 Å². The van der Waals surface area contributed by atoms with Gasteiger partial charge in [0.05, 0.1) is 29.0 Å². The Balaban J connectivity index is 1.56. The minimum absolute atomic E-state index is 0.191. The number of amides is 2. The second kappa shape index (κ2) is 8.67. The lowest BCUT2D eigenvalue weighted by Crippen LogP contribution is -2.29. The predicted molar refractivity (Wildman–Crippen MR) is 121 cm³/mol. The van der Waals surface area contributed by atoms with E-state index in [2.05, 4.69) is 0 Å². The molecule has 1 heterocycles. The predicted octanol–water partition coefficient (Wildman–Crippen LogP) is 5.46. The summed E-state index contributed by atoms with van der Waals surface area (Å²) in [6, 6.07) is 17.0. The highest BCUT2D eigenvalue weighted by molar-refractivity contribution is 6.34. The van der Waals surface area contributed by atoms with Gasteiger partial charge in [-0.2, -0.15) is 0 Å². The zero-order chi connectivity index (χ0) is 22.8. The number of rotatable bonds is 6. The Morgan fingerprint density at radius 3 is 2.34 bits per heavy atom. The molecule has 0 aromatic heterocycles. The maximum absolute atomic E-state index is 13.0. The Labute approximate surface area is 186 Å². The van der Waals surface area contributed by atoms with Crippen LogP contribution in [0.3, 0.4) is 0 Å². The summed E-state index contributed by atoms with van der Waals surface area (Å²) in [4.78, 5) is 39.1. The molecule has 1 aliphatic rings. The number of ether oxygens (including phenoxy) is 2. The number of imide groups is 1. The van der Waals surface area contributed by atoms with E-state index in [-0.39, 0.29) is 16.7 Å². The van der Waals surface area contributed by atoms with Crippen LogP contribution in [0.25, 0.3) is 0 Å². The highest BCUT2D eigenvalue weighted by Gasteiger charge is 2.37. The third-order valence-corrected chi connectivity index (χ3v) is 5.44. The molecule has 2 amide bonds. The van der Waals surface area contributed by atoms with Crippen molar-refractivity contribution in [1.29, 1.82) is 0 Å². The Hall–Kier alpha value is -3.93. The SMILES string of the molecule is CCCOC(=O)c1ccc2c(c1)C(=O)N(c1ccc(Oc3cccc(C)c3C)cc1)C2=O. The van der Waals surface area contributed by atoms with Crippen LogP contribution < -0.4 is 9.64 Å². The Kier molecular flexibility index (Phi) is 5.77. The van der Waals surface area contributed by atoms with Gasteiger partial charge in [0.2, 0.25) is 0 Å². The molecule has 162 valence electrons. The van der Waals surface area contributed by atoms with E-state index < -0.39 is 17.8 Å². The summed E-state index contributed by atoms with van der Waals surface area (Å²) in [5.74, 6) is -0.0673. The van der Waals surface area contributed by atoms with E-state index >= 15 is 0 Å². The van der Waals surface area contributed by atoms with Crippen LogP contribution >= 0.6 is 0 Å². The van der Waals surface area contributed by atoms with Crippen molar-refractivity contribution in [3.63, 3.8) is 0 Å². The number of anilines is 1. The lowest BCUT2D eigenvalue weighted by Gasteiger charge is -2.15. The third-order valence-electron chi connectivity index (χ3n) is 5.44. The molecule has 6 nitrogen and oxygen atoms in total. The monoisotopic (exact) mass is 429 g/mol. The van der Waals surface area contributed by atoms with Crippen molar-refractivity contribution in [1.82, 2.24) is 0 Å². The number of nitrogens with zero attached hydrogens (tertiary/aromatic N) is 1.